The second kappa shape index (κ2) is 10.7. The molecule has 0 aliphatic carbocycles. The van der Waals surface area contributed by atoms with E-state index in [-0.39, 0.29) is 31.4 Å². The normalized spacial score (nSPS) is 10.3. The fraction of sp³-hybridized carbons (Fsp3) is 0.125. The maximum absolute atomic E-state index is 13.0. The zero-order valence-corrected chi connectivity index (χ0v) is 17.1. The molecule has 164 valence electrons. The molecule has 8 heteroatoms. The molecule has 32 heavy (non-hydrogen) atoms. The van der Waals surface area contributed by atoms with Gasteiger partial charge in [0.05, 0.1) is 6.54 Å². The van der Waals surface area contributed by atoms with E-state index < -0.39 is 11.8 Å². The molecule has 3 amide bonds. The Morgan fingerprint density at radius 3 is 2.16 bits per heavy atom. The summed E-state index contributed by atoms with van der Waals surface area (Å²) in [6.07, 6.45) is 0. The summed E-state index contributed by atoms with van der Waals surface area (Å²) in [7, 11) is 0. The van der Waals surface area contributed by atoms with Crippen molar-refractivity contribution in [3.63, 3.8) is 0 Å². The van der Waals surface area contributed by atoms with Gasteiger partial charge in [-0.15, -0.1) is 0 Å². The molecule has 7 nitrogen and oxygen atoms in total. The van der Waals surface area contributed by atoms with Crippen LogP contribution in [0.15, 0.2) is 72.8 Å². The first-order valence-corrected chi connectivity index (χ1v) is 9.81. The zero-order valence-electron chi connectivity index (χ0n) is 17.1. The van der Waals surface area contributed by atoms with E-state index in [1.807, 2.05) is 0 Å². The average Bonchev–Trinajstić information content (AvgIpc) is 2.81. The first-order valence-electron chi connectivity index (χ1n) is 9.81. The Balaban J connectivity index is 1.52. The van der Waals surface area contributed by atoms with Crippen LogP contribution in [0.4, 0.5) is 4.39 Å². The Kier molecular flexibility index (Phi) is 7.53. The van der Waals surface area contributed by atoms with Gasteiger partial charge in [-0.25, -0.2) is 4.39 Å². The van der Waals surface area contributed by atoms with Gasteiger partial charge in [0.15, 0.2) is 0 Å². The summed E-state index contributed by atoms with van der Waals surface area (Å²) < 4.78 is 18.7. The second-order valence-corrected chi connectivity index (χ2v) is 6.97. The fourth-order valence-electron chi connectivity index (χ4n) is 2.80. The second-order valence-electron chi connectivity index (χ2n) is 6.97. The van der Waals surface area contributed by atoms with Crippen molar-refractivity contribution in [2.75, 3.05) is 6.54 Å². The highest BCUT2D eigenvalue weighted by molar-refractivity contribution is 5.96. The van der Waals surface area contributed by atoms with Gasteiger partial charge >= 0.3 is 0 Å². The highest BCUT2D eigenvalue weighted by Crippen LogP contribution is 2.16. The molecule has 0 bridgehead atoms. The number of nitrogens with two attached hydrogens (primary N) is 1. The van der Waals surface area contributed by atoms with Crippen LogP contribution >= 0.6 is 0 Å². The SMILES string of the molecule is NC(=O)CNC(=O)c1ccc(CNC(=O)c2cccc(OCc3ccc(F)cc3)c2)cc1. The number of benzene rings is 3. The summed E-state index contributed by atoms with van der Waals surface area (Å²) in [5, 5.41) is 5.22. The molecule has 0 radical (unpaired) electrons. The number of carbonyl (C=O) groups excluding carboxylic acids is 3. The minimum atomic E-state index is -0.623. The number of hydrogen-bond acceptors (Lipinski definition) is 4. The van der Waals surface area contributed by atoms with E-state index in [1.54, 1.807) is 60.7 Å². The number of halogens is 1. The third kappa shape index (κ3) is 6.66. The largest absolute Gasteiger partial charge is 0.489 e. The van der Waals surface area contributed by atoms with Gasteiger partial charge in [0.25, 0.3) is 11.8 Å². The Morgan fingerprint density at radius 1 is 0.812 bits per heavy atom. The molecule has 0 atom stereocenters. The predicted molar refractivity (Wildman–Crippen MR) is 116 cm³/mol. The van der Waals surface area contributed by atoms with Gasteiger partial charge in [0.2, 0.25) is 5.91 Å². The maximum atomic E-state index is 13.0. The lowest BCUT2D eigenvalue weighted by Gasteiger charge is -2.09. The number of ether oxygens (including phenoxy) is 1. The summed E-state index contributed by atoms with van der Waals surface area (Å²) >= 11 is 0. The number of nitrogens with one attached hydrogen (secondary N) is 2. The van der Waals surface area contributed by atoms with Gasteiger partial charge in [-0.1, -0.05) is 30.3 Å². The van der Waals surface area contributed by atoms with Crippen LogP contribution < -0.4 is 21.1 Å². The molecular formula is C24H22FN3O4. The summed E-state index contributed by atoms with van der Waals surface area (Å²) in [6.45, 7) is 0.288. The Morgan fingerprint density at radius 2 is 1.47 bits per heavy atom. The summed E-state index contributed by atoms with van der Waals surface area (Å²) in [4.78, 5) is 35.1. The Bertz CT molecular complexity index is 1100. The fourth-order valence-corrected chi connectivity index (χ4v) is 2.80. The van der Waals surface area contributed by atoms with Crippen molar-refractivity contribution in [1.29, 1.82) is 0 Å². The van der Waals surface area contributed by atoms with Crippen LogP contribution in [0.2, 0.25) is 0 Å². The Hall–Kier alpha value is -4.20. The third-order valence-electron chi connectivity index (χ3n) is 4.51. The van der Waals surface area contributed by atoms with Gasteiger partial charge in [0.1, 0.15) is 18.2 Å². The van der Waals surface area contributed by atoms with Crippen molar-refractivity contribution in [3.8, 4) is 5.75 Å². The van der Waals surface area contributed by atoms with E-state index in [1.165, 1.54) is 12.1 Å². The topological polar surface area (TPSA) is 111 Å². The maximum Gasteiger partial charge on any atom is 0.251 e. The molecule has 0 heterocycles. The minimum absolute atomic E-state index is 0.233. The van der Waals surface area contributed by atoms with E-state index in [2.05, 4.69) is 10.6 Å². The molecule has 3 rings (SSSR count). The quantitative estimate of drug-likeness (QED) is 0.480. The molecule has 0 spiro atoms. The number of carbonyl (C=O) groups is 3. The molecule has 0 fully saturated rings. The van der Waals surface area contributed by atoms with Crippen molar-refractivity contribution in [1.82, 2.24) is 10.6 Å². The number of hydrogen-bond donors (Lipinski definition) is 3. The molecular weight excluding hydrogens is 413 g/mol. The van der Waals surface area contributed by atoms with Crippen LogP contribution in [0.3, 0.4) is 0 Å². The van der Waals surface area contributed by atoms with Crippen molar-refractivity contribution >= 4 is 17.7 Å². The van der Waals surface area contributed by atoms with Crippen LogP contribution in [0.1, 0.15) is 31.8 Å². The number of rotatable bonds is 9. The van der Waals surface area contributed by atoms with E-state index in [9.17, 15) is 18.8 Å². The van der Waals surface area contributed by atoms with E-state index in [4.69, 9.17) is 10.5 Å². The molecule has 3 aromatic carbocycles. The first kappa shape index (κ1) is 22.5. The number of amides is 3. The molecule has 0 unspecified atom stereocenters. The standard InChI is InChI=1S/C24H22FN3O4/c25-20-10-6-17(7-11-20)15-32-21-3-1-2-19(12-21)24(31)27-13-16-4-8-18(9-5-16)23(30)28-14-22(26)29/h1-12H,13-15H2,(H2,26,29)(H,27,31)(H,28,30). The Labute approximate surface area is 184 Å². The number of primary amides is 1. The minimum Gasteiger partial charge on any atom is -0.489 e. The van der Waals surface area contributed by atoms with E-state index >= 15 is 0 Å². The van der Waals surface area contributed by atoms with Crippen LogP contribution in [-0.2, 0) is 17.9 Å². The van der Waals surface area contributed by atoms with Crippen molar-refractivity contribution in [2.24, 2.45) is 5.73 Å². The van der Waals surface area contributed by atoms with Gasteiger partial charge in [-0.2, -0.15) is 0 Å². The highest BCUT2D eigenvalue weighted by atomic mass is 19.1. The van der Waals surface area contributed by atoms with Gasteiger partial charge in [-0.05, 0) is 53.6 Å². The summed E-state index contributed by atoms with van der Waals surface area (Å²) in [5.41, 5.74) is 7.43. The van der Waals surface area contributed by atoms with Crippen molar-refractivity contribution < 1.29 is 23.5 Å². The van der Waals surface area contributed by atoms with Gasteiger partial charge < -0.3 is 21.1 Å². The van der Waals surface area contributed by atoms with Gasteiger partial charge in [-0.3, -0.25) is 14.4 Å². The van der Waals surface area contributed by atoms with Crippen molar-refractivity contribution in [2.45, 2.75) is 13.2 Å². The lowest BCUT2D eigenvalue weighted by molar-refractivity contribution is -0.117. The molecule has 0 aliphatic rings. The average molecular weight is 435 g/mol. The highest BCUT2D eigenvalue weighted by Gasteiger charge is 2.09. The summed E-state index contributed by atoms with van der Waals surface area (Å²) in [6, 6.07) is 19.4. The van der Waals surface area contributed by atoms with Crippen LogP contribution in [0.25, 0.3) is 0 Å². The molecule has 3 aromatic rings. The first-order chi connectivity index (χ1) is 15.4. The predicted octanol–water partition coefficient (Wildman–Crippen LogP) is 2.55. The monoisotopic (exact) mass is 435 g/mol. The molecule has 0 aromatic heterocycles. The summed E-state index contributed by atoms with van der Waals surface area (Å²) in [5.74, 6) is -1.10. The molecule has 0 aliphatic heterocycles. The van der Waals surface area contributed by atoms with E-state index in [0.717, 1.165) is 11.1 Å². The van der Waals surface area contributed by atoms with Crippen LogP contribution in [0.5, 0.6) is 5.75 Å². The molecule has 0 saturated carbocycles. The van der Waals surface area contributed by atoms with Crippen LogP contribution in [0, 0.1) is 5.82 Å². The van der Waals surface area contributed by atoms with Crippen LogP contribution in [-0.4, -0.2) is 24.3 Å². The molecule has 0 saturated heterocycles. The smallest absolute Gasteiger partial charge is 0.251 e. The van der Waals surface area contributed by atoms with Gasteiger partial charge in [0, 0.05) is 17.7 Å². The zero-order chi connectivity index (χ0) is 22.9. The lowest BCUT2D eigenvalue weighted by Crippen LogP contribution is -2.33. The lowest BCUT2D eigenvalue weighted by atomic mass is 10.1. The molecule has 4 N–H and O–H groups in total. The van der Waals surface area contributed by atoms with E-state index in [0.29, 0.717) is 16.9 Å². The third-order valence-corrected chi connectivity index (χ3v) is 4.51. The van der Waals surface area contributed by atoms with Crippen molar-refractivity contribution in [3.05, 3.63) is 101 Å².